The molecule has 4 aliphatic carbocycles. The standard InChI is InChI=1S/C45H41N5O8/c1-49-36-11-13-46-22-35(36)32-6-3-27(17-38(32)49)28-4-10-40(47-21-28)58-31-18-30(19-31)57-26-45-23-44(24-45,25-45)12-2-14-55-15-16-56-29-5-7-33-34(20-29)43(54)50(42(33)53)37-8-9-39(51)48-41(37)52/h3-7,10-11,13,17,20-22,30-31,37H,8-9,14-16,18-19,23-26H2,1H3,(H,48,51,52). The van der Waals surface area contributed by atoms with Crippen molar-refractivity contribution < 1.29 is 38.1 Å². The number of nitrogens with one attached hydrogen (secondary N) is 1. The Balaban J connectivity index is 0.614. The first-order chi connectivity index (χ1) is 28.2. The number of ether oxygens (including phenoxy) is 4. The van der Waals surface area contributed by atoms with Crippen molar-refractivity contribution in [1.82, 2.24) is 24.8 Å². The summed E-state index contributed by atoms with van der Waals surface area (Å²) >= 11 is 0. The number of fused-ring (bicyclic) bond motifs is 4. The summed E-state index contributed by atoms with van der Waals surface area (Å²) in [7, 11) is 2.08. The molecule has 0 spiro atoms. The van der Waals surface area contributed by atoms with Crippen LogP contribution in [0.4, 0.5) is 0 Å². The third kappa shape index (κ3) is 6.37. The van der Waals surface area contributed by atoms with Crippen LogP contribution < -0.4 is 14.8 Å². The van der Waals surface area contributed by atoms with Gasteiger partial charge in [0.05, 0.1) is 36.0 Å². The molecule has 1 saturated heterocycles. The van der Waals surface area contributed by atoms with Crippen LogP contribution in [0.5, 0.6) is 11.6 Å². The molecule has 2 aromatic carbocycles. The highest BCUT2D eigenvalue weighted by atomic mass is 16.5. The van der Waals surface area contributed by atoms with Crippen molar-refractivity contribution >= 4 is 45.4 Å². The van der Waals surface area contributed by atoms with Crippen LogP contribution in [0.1, 0.15) is 65.7 Å². The van der Waals surface area contributed by atoms with Crippen LogP contribution >= 0.6 is 0 Å². The second-order valence-electron chi connectivity index (χ2n) is 16.4. The molecule has 3 aromatic heterocycles. The molecule has 6 aliphatic rings. The van der Waals surface area contributed by atoms with Crippen LogP contribution in [0.2, 0.25) is 0 Å². The number of aryl methyl sites for hydroxylation is 1. The van der Waals surface area contributed by atoms with Crippen molar-refractivity contribution in [3.05, 3.63) is 84.3 Å². The van der Waals surface area contributed by atoms with Crippen LogP contribution in [-0.4, -0.2) is 87.7 Å². The minimum absolute atomic E-state index is 0.0691. The average molecular weight is 780 g/mol. The van der Waals surface area contributed by atoms with Gasteiger partial charge in [0, 0.05) is 78.2 Å². The van der Waals surface area contributed by atoms with Crippen LogP contribution in [0.15, 0.2) is 73.2 Å². The molecule has 0 radical (unpaired) electrons. The lowest BCUT2D eigenvalue weighted by Crippen LogP contribution is -2.63. The molecule has 5 fully saturated rings. The number of piperidine rings is 1. The topological polar surface area (TPSA) is 151 Å². The van der Waals surface area contributed by atoms with E-state index in [1.165, 1.54) is 17.5 Å². The number of carbonyl (C=O) groups is 4. The van der Waals surface area contributed by atoms with E-state index < -0.39 is 29.7 Å². The van der Waals surface area contributed by atoms with Gasteiger partial charge in [0.2, 0.25) is 17.7 Å². The molecule has 13 nitrogen and oxygen atoms in total. The summed E-state index contributed by atoms with van der Waals surface area (Å²) in [5.74, 6) is 5.48. The van der Waals surface area contributed by atoms with Gasteiger partial charge in [-0.1, -0.05) is 24.0 Å². The Labute approximate surface area is 334 Å². The van der Waals surface area contributed by atoms with Crippen LogP contribution in [0, 0.1) is 22.7 Å². The summed E-state index contributed by atoms with van der Waals surface area (Å²) in [5, 5.41) is 4.54. The smallest absolute Gasteiger partial charge is 0.262 e. The first-order valence-electron chi connectivity index (χ1n) is 19.8. The van der Waals surface area contributed by atoms with Crippen molar-refractivity contribution in [1.29, 1.82) is 0 Å². The Morgan fingerprint density at radius 2 is 1.69 bits per heavy atom. The van der Waals surface area contributed by atoms with Gasteiger partial charge >= 0.3 is 0 Å². The summed E-state index contributed by atoms with van der Waals surface area (Å²) in [6, 6.07) is 16.2. The Kier molecular flexibility index (Phi) is 8.80. The first-order valence-corrected chi connectivity index (χ1v) is 19.8. The second-order valence-corrected chi connectivity index (χ2v) is 16.4. The van der Waals surface area contributed by atoms with Crippen molar-refractivity contribution in [2.45, 2.75) is 63.2 Å². The Hall–Kier alpha value is -6.10. The highest BCUT2D eigenvalue weighted by Gasteiger charge is 2.67. The normalized spacial score (nSPS) is 25.7. The predicted molar refractivity (Wildman–Crippen MR) is 211 cm³/mol. The molecule has 13 heteroatoms. The molecule has 2 bridgehead atoms. The van der Waals surface area contributed by atoms with Crippen LogP contribution in [0.3, 0.4) is 0 Å². The number of benzene rings is 2. The summed E-state index contributed by atoms with van der Waals surface area (Å²) in [4.78, 5) is 59.6. The second kappa shape index (κ2) is 14.1. The van der Waals surface area contributed by atoms with Gasteiger partial charge in [-0.2, -0.15) is 0 Å². The third-order valence-electron chi connectivity index (χ3n) is 12.4. The van der Waals surface area contributed by atoms with Gasteiger partial charge in [-0.15, -0.1) is 0 Å². The predicted octanol–water partition coefficient (Wildman–Crippen LogP) is 5.39. The lowest BCUT2D eigenvalue weighted by Gasteiger charge is -2.68. The van der Waals surface area contributed by atoms with Gasteiger partial charge < -0.3 is 23.5 Å². The van der Waals surface area contributed by atoms with E-state index in [0.717, 1.165) is 71.2 Å². The molecule has 4 amide bonds. The zero-order chi connectivity index (χ0) is 39.6. The molecule has 4 saturated carbocycles. The van der Waals surface area contributed by atoms with Crippen molar-refractivity contribution in [3.8, 4) is 34.6 Å². The fraction of sp³-hybridized carbons (Fsp3) is 0.378. The largest absolute Gasteiger partial charge is 0.491 e. The van der Waals surface area contributed by atoms with Crippen molar-refractivity contribution in [2.75, 3.05) is 26.4 Å². The molecular formula is C45H41N5O8. The number of nitrogens with zero attached hydrogens (tertiary/aromatic N) is 4. The van der Waals surface area contributed by atoms with Gasteiger partial charge in [0.1, 0.15) is 31.1 Å². The number of carbonyl (C=O) groups excluding carboxylic acids is 4. The molecule has 5 heterocycles. The third-order valence-corrected chi connectivity index (χ3v) is 12.4. The van der Waals surface area contributed by atoms with Gasteiger partial charge in [-0.25, -0.2) is 4.98 Å². The number of aromatic nitrogens is 3. The molecule has 294 valence electrons. The highest BCUT2D eigenvalue weighted by molar-refractivity contribution is 6.23. The number of hydrogen-bond donors (Lipinski definition) is 1. The van der Waals surface area contributed by atoms with E-state index >= 15 is 0 Å². The Bertz CT molecular complexity index is 2560. The fourth-order valence-electron chi connectivity index (χ4n) is 9.46. The summed E-state index contributed by atoms with van der Waals surface area (Å²) in [6.07, 6.45) is 11.0. The Morgan fingerprint density at radius 3 is 2.50 bits per heavy atom. The Morgan fingerprint density at radius 1 is 0.862 bits per heavy atom. The molecule has 5 aromatic rings. The monoisotopic (exact) mass is 779 g/mol. The molecule has 2 aliphatic heterocycles. The fourth-order valence-corrected chi connectivity index (χ4v) is 9.46. The van der Waals surface area contributed by atoms with E-state index in [2.05, 4.69) is 63.0 Å². The van der Waals surface area contributed by atoms with Gasteiger partial charge in [0.15, 0.2) is 0 Å². The van der Waals surface area contributed by atoms with Crippen molar-refractivity contribution in [3.63, 3.8) is 0 Å². The van der Waals surface area contributed by atoms with E-state index in [9.17, 15) is 19.2 Å². The van der Waals surface area contributed by atoms with E-state index in [1.807, 2.05) is 30.7 Å². The number of pyridine rings is 2. The number of amides is 4. The lowest BCUT2D eigenvalue weighted by atomic mass is 9.36. The van der Waals surface area contributed by atoms with Gasteiger partial charge in [-0.3, -0.25) is 34.4 Å². The minimum atomic E-state index is -1.01. The summed E-state index contributed by atoms with van der Waals surface area (Å²) in [6.45, 7) is 1.61. The molecule has 11 rings (SSSR count). The highest BCUT2D eigenvalue weighted by Crippen LogP contribution is 2.73. The summed E-state index contributed by atoms with van der Waals surface area (Å²) < 4.78 is 26.1. The van der Waals surface area contributed by atoms with E-state index in [0.29, 0.717) is 24.8 Å². The minimum Gasteiger partial charge on any atom is -0.491 e. The average Bonchev–Trinajstić information content (AvgIpc) is 3.61. The SMILES string of the molecule is Cn1c2ccncc2c2ccc(-c3ccc(OC4CC(OCC56CC(C#CCOCCOc7ccc8c(c7)C(=O)N(C7CCC(=O)NC7=O)C8=O)(C5)C6)C4)nc3)cc21. The number of rotatable bonds is 12. The van der Waals surface area contributed by atoms with Gasteiger partial charge in [-0.05, 0) is 73.1 Å². The zero-order valence-corrected chi connectivity index (χ0v) is 32.0. The zero-order valence-electron chi connectivity index (χ0n) is 32.0. The van der Waals surface area contributed by atoms with E-state index in [1.54, 1.807) is 6.07 Å². The maximum atomic E-state index is 13.0. The van der Waals surface area contributed by atoms with E-state index in [4.69, 9.17) is 18.9 Å². The van der Waals surface area contributed by atoms with Crippen molar-refractivity contribution in [2.24, 2.45) is 17.9 Å². The van der Waals surface area contributed by atoms with Crippen LogP contribution in [-0.2, 0) is 26.1 Å². The van der Waals surface area contributed by atoms with Crippen LogP contribution in [0.25, 0.3) is 32.9 Å². The molecule has 1 unspecified atom stereocenters. The van der Waals surface area contributed by atoms with Gasteiger partial charge in [0.25, 0.3) is 11.8 Å². The molecule has 1 atom stereocenters. The lowest BCUT2D eigenvalue weighted by molar-refractivity contribution is -0.216. The maximum Gasteiger partial charge on any atom is 0.262 e. The maximum absolute atomic E-state index is 13.0. The van der Waals surface area contributed by atoms with E-state index in [-0.39, 0.29) is 53.6 Å². The number of hydrogen-bond acceptors (Lipinski definition) is 10. The number of imide groups is 2. The molecule has 58 heavy (non-hydrogen) atoms. The first kappa shape index (κ1) is 36.3. The molecular weight excluding hydrogens is 739 g/mol. The summed E-state index contributed by atoms with van der Waals surface area (Å²) in [5.41, 5.74) is 5.19. The molecule has 1 N–H and O–H groups in total. The quantitative estimate of drug-likeness (QED) is 0.0993.